The van der Waals surface area contributed by atoms with E-state index in [0.717, 1.165) is 0 Å². The van der Waals surface area contributed by atoms with Crippen LogP contribution < -0.4 is 4.90 Å². The van der Waals surface area contributed by atoms with Gasteiger partial charge < -0.3 is 10.0 Å². The van der Waals surface area contributed by atoms with Crippen molar-refractivity contribution in [3.63, 3.8) is 0 Å². The SMILES string of the molecule is C[C@H](O)c1ccc(N(C)C)c([N+](=O)[O-])c1. The lowest BCUT2D eigenvalue weighted by molar-refractivity contribution is -0.384. The number of rotatable bonds is 3. The van der Waals surface area contributed by atoms with Gasteiger partial charge in [0.1, 0.15) is 5.69 Å². The zero-order chi connectivity index (χ0) is 11.6. The Labute approximate surface area is 88.1 Å². The normalized spacial score (nSPS) is 12.3. The molecule has 0 amide bonds. The van der Waals surface area contributed by atoms with Crippen molar-refractivity contribution in [2.45, 2.75) is 13.0 Å². The number of aliphatic hydroxyl groups is 1. The Bertz CT molecular complexity index is 375. The molecule has 1 atom stereocenters. The first-order valence-corrected chi connectivity index (χ1v) is 4.57. The lowest BCUT2D eigenvalue weighted by atomic mass is 10.1. The Balaban J connectivity index is 3.27. The molecule has 0 spiro atoms. The molecular weight excluding hydrogens is 196 g/mol. The molecule has 0 fully saturated rings. The molecule has 1 N–H and O–H groups in total. The summed E-state index contributed by atoms with van der Waals surface area (Å²) in [6, 6.07) is 4.73. The van der Waals surface area contributed by atoms with E-state index in [1.165, 1.54) is 6.07 Å². The Hall–Kier alpha value is -1.62. The van der Waals surface area contributed by atoms with Crippen molar-refractivity contribution in [2.24, 2.45) is 0 Å². The maximum atomic E-state index is 10.8. The summed E-state index contributed by atoms with van der Waals surface area (Å²) in [6.45, 7) is 1.58. The number of hydrogen-bond donors (Lipinski definition) is 1. The molecule has 0 bridgehead atoms. The second kappa shape index (κ2) is 4.27. The van der Waals surface area contributed by atoms with E-state index in [1.807, 2.05) is 0 Å². The van der Waals surface area contributed by atoms with Crippen LogP contribution in [0.15, 0.2) is 18.2 Å². The van der Waals surface area contributed by atoms with Crippen LogP contribution in [0.2, 0.25) is 0 Å². The fourth-order valence-electron chi connectivity index (χ4n) is 1.32. The molecule has 0 unspecified atom stereocenters. The highest BCUT2D eigenvalue weighted by Gasteiger charge is 2.17. The highest BCUT2D eigenvalue weighted by molar-refractivity contribution is 5.63. The van der Waals surface area contributed by atoms with Gasteiger partial charge in [0.25, 0.3) is 5.69 Å². The van der Waals surface area contributed by atoms with Crippen molar-refractivity contribution < 1.29 is 10.0 Å². The van der Waals surface area contributed by atoms with Crippen LogP contribution in [-0.2, 0) is 0 Å². The van der Waals surface area contributed by atoms with Crippen molar-refractivity contribution in [3.8, 4) is 0 Å². The highest BCUT2D eigenvalue weighted by Crippen LogP contribution is 2.29. The Morgan fingerprint density at radius 1 is 1.47 bits per heavy atom. The Morgan fingerprint density at radius 3 is 2.47 bits per heavy atom. The van der Waals surface area contributed by atoms with Gasteiger partial charge in [0.05, 0.1) is 11.0 Å². The van der Waals surface area contributed by atoms with Crippen LogP contribution in [0.3, 0.4) is 0 Å². The maximum absolute atomic E-state index is 10.8. The number of nitrogens with zero attached hydrogens (tertiary/aromatic N) is 2. The van der Waals surface area contributed by atoms with Gasteiger partial charge in [0.15, 0.2) is 0 Å². The molecule has 0 aliphatic rings. The smallest absolute Gasteiger partial charge is 0.292 e. The van der Waals surface area contributed by atoms with Crippen LogP contribution in [-0.4, -0.2) is 24.1 Å². The molecule has 5 nitrogen and oxygen atoms in total. The van der Waals surface area contributed by atoms with Crippen molar-refractivity contribution in [3.05, 3.63) is 33.9 Å². The van der Waals surface area contributed by atoms with E-state index in [2.05, 4.69) is 0 Å². The maximum Gasteiger partial charge on any atom is 0.292 e. The fourth-order valence-corrected chi connectivity index (χ4v) is 1.32. The van der Waals surface area contributed by atoms with E-state index in [4.69, 9.17) is 0 Å². The number of benzene rings is 1. The Kier molecular flexibility index (Phi) is 3.26. The predicted molar refractivity (Wildman–Crippen MR) is 58.1 cm³/mol. The third-order valence-corrected chi connectivity index (χ3v) is 2.16. The molecular formula is C10H14N2O3. The van der Waals surface area contributed by atoms with Crippen molar-refractivity contribution in [1.82, 2.24) is 0 Å². The highest BCUT2D eigenvalue weighted by atomic mass is 16.6. The number of anilines is 1. The molecule has 82 valence electrons. The van der Waals surface area contributed by atoms with Crippen LogP contribution in [0.4, 0.5) is 11.4 Å². The van der Waals surface area contributed by atoms with Crippen LogP contribution in [0.5, 0.6) is 0 Å². The first kappa shape index (κ1) is 11.5. The number of hydrogen-bond acceptors (Lipinski definition) is 4. The average Bonchev–Trinajstić information content (AvgIpc) is 2.16. The lowest BCUT2D eigenvalue weighted by Gasteiger charge is -2.14. The minimum Gasteiger partial charge on any atom is -0.389 e. The van der Waals surface area contributed by atoms with Crippen molar-refractivity contribution >= 4 is 11.4 Å². The second-order valence-corrected chi connectivity index (χ2v) is 3.58. The first-order valence-electron chi connectivity index (χ1n) is 4.57. The van der Waals surface area contributed by atoms with Gasteiger partial charge in [-0.1, -0.05) is 6.07 Å². The lowest BCUT2D eigenvalue weighted by Crippen LogP contribution is -2.11. The van der Waals surface area contributed by atoms with Crippen LogP contribution >= 0.6 is 0 Å². The van der Waals surface area contributed by atoms with Gasteiger partial charge in [-0.2, -0.15) is 0 Å². The van der Waals surface area contributed by atoms with E-state index in [0.29, 0.717) is 11.3 Å². The van der Waals surface area contributed by atoms with E-state index in [9.17, 15) is 15.2 Å². The van der Waals surface area contributed by atoms with Crippen LogP contribution in [0.1, 0.15) is 18.6 Å². The number of nitro benzene ring substituents is 1. The molecule has 0 aromatic heterocycles. The van der Waals surface area contributed by atoms with Gasteiger partial charge in [-0.3, -0.25) is 10.1 Å². The van der Waals surface area contributed by atoms with Gasteiger partial charge in [-0.15, -0.1) is 0 Å². The molecule has 0 saturated carbocycles. The largest absolute Gasteiger partial charge is 0.389 e. The van der Waals surface area contributed by atoms with Crippen LogP contribution in [0.25, 0.3) is 0 Å². The minimum absolute atomic E-state index is 0.0124. The zero-order valence-electron chi connectivity index (χ0n) is 8.97. The predicted octanol–water partition coefficient (Wildman–Crippen LogP) is 1.71. The molecule has 0 radical (unpaired) electrons. The van der Waals surface area contributed by atoms with Gasteiger partial charge >= 0.3 is 0 Å². The van der Waals surface area contributed by atoms with Gasteiger partial charge in [0, 0.05) is 20.2 Å². The summed E-state index contributed by atoms with van der Waals surface area (Å²) in [5.74, 6) is 0. The fraction of sp³-hybridized carbons (Fsp3) is 0.400. The van der Waals surface area contributed by atoms with E-state index in [1.54, 1.807) is 38.1 Å². The molecule has 15 heavy (non-hydrogen) atoms. The van der Waals surface area contributed by atoms with E-state index < -0.39 is 11.0 Å². The van der Waals surface area contributed by atoms with Gasteiger partial charge in [-0.25, -0.2) is 0 Å². The van der Waals surface area contributed by atoms with Gasteiger partial charge in [-0.05, 0) is 18.6 Å². The summed E-state index contributed by atoms with van der Waals surface area (Å²) < 4.78 is 0. The zero-order valence-corrected chi connectivity index (χ0v) is 8.97. The Morgan fingerprint density at radius 2 is 2.07 bits per heavy atom. The summed E-state index contributed by atoms with van der Waals surface area (Å²) in [6.07, 6.45) is -0.695. The molecule has 0 aliphatic heterocycles. The van der Waals surface area contributed by atoms with Crippen molar-refractivity contribution in [2.75, 3.05) is 19.0 Å². The molecule has 1 aromatic rings. The number of aliphatic hydroxyl groups excluding tert-OH is 1. The summed E-state index contributed by atoms with van der Waals surface area (Å²) in [5, 5.41) is 20.1. The minimum atomic E-state index is -0.695. The molecule has 0 saturated heterocycles. The van der Waals surface area contributed by atoms with E-state index in [-0.39, 0.29) is 5.69 Å². The van der Waals surface area contributed by atoms with Crippen molar-refractivity contribution in [1.29, 1.82) is 0 Å². The molecule has 0 aliphatic carbocycles. The first-order chi connectivity index (χ1) is 6.93. The monoisotopic (exact) mass is 210 g/mol. The molecule has 0 heterocycles. The van der Waals surface area contributed by atoms with Gasteiger partial charge in [0.2, 0.25) is 0 Å². The number of nitro groups is 1. The molecule has 5 heteroatoms. The summed E-state index contributed by atoms with van der Waals surface area (Å²) >= 11 is 0. The standard InChI is InChI=1S/C10H14N2O3/c1-7(13)8-4-5-9(11(2)3)10(6-8)12(14)15/h4-7,13H,1-3H3/t7-/m0/s1. The quantitative estimate of drug-likeness (QED) is 0.609. The summed E-state index contributed by atoms with van der Waals surface area (Å²) in [4.78, 5) is 12.0. The summed E-state index contributed by atoms with van der Waals surface area (Å²) in [7, 11) is 3.48. The second-order valence-electron chi connectivity index (χ2n) is 3.58. The van der Waals surface area contributed by atoms with E-state index >= 15 is 0 Å². The molecule has 1 rings (SSSR count). The third kappa shape index (κ3) is 2.44. The third-order valence-electron chi connectivity index (χ3n) is 2.16. The molecule has 1 aromatic carbocycles. The average molecular weight is 210 g/mol. The summed E-state index contributed by atoms with van der Waals surface area (Å²) in [5.41, 5.74) is 1.09. The topological polar surface area (TPSA) is 66.6 Å². The van der Waals surface area contributed by atoms with Crippen LogP contribution in [0, 0.1) is 10.1 Å².